The van der Waals surface area contributed by atoms with Crippen LogP contribution in [0.1, 0.15) is 39.0 Å². The highest BCUT2D eigenvalue weighted by atomic mass is 32.2. The molecule has 0 aromatic carbocycles. The van der Waals surface area contributed by atoms with Crippen LogP contribution in [0.2, 0.25) is 0 Å². The molecule has 1 atom stereocenters. The minimum Gasteiger partial charge on any atom is -0.316 e. The molecule has 0 amide bonds. The molecule has 0 saturated heterocycles. The molecule has 0 spiro atoms. The van der Waals surface area contributed by atoms with E-state index in [9.17, 15) is 0 Å². The molecular formula is C12H25NS. The van der Waals surface area contributed by atoms with Crippen LogP contribution in [-0.4, -0.2) is 25.1 Å². The summed E-state index contributed by atoms with van der Waals surface area (Å²) >= 11 is 1.97. The lowest BCUT2D eigenvalue weighted by Gasteiger charge is -2.33. The van der Waals surface area contributed by atoms with Gasteiger partial charge in [0, 0.05) is 11.8 Å². The molecule has 0 heterocycles. The number of thioether (sulfide) groups is 1. The molecule has 1 fully saturated rings. The van der Waals surface area contributed by atoms with Crippen molar-refractivity contribution >= 4 is 11.8 Å². The summed E-state index contributed by atoms with van der Waals surface area (Å²) in [5, 5.41) is 3.48. The molecule has 1 aliphatic carbocycles. The van der Waals surface area contributed by atoms with Crippen LogP contribution < -0.4 is 5.32 Å². The van der Waals surface area contributed by atoms with Gasteiger partial charge in [0.25, 0.3) is 0 Å². The number of hydrogen-bond acceptors (Lipinski definition) is 2. The molecular weight excluding hydrogens is 190 g/mol. The average molecular weight is 215 g/mol. The normalized spacial score (nSPS) is 30.2. The van der Waals surface area contributed by atoms with Crippen LogP contribution in [0, 0.1) is 11.8 Å². The first-order chi connectivity index (χ1) is 6.81. The Morgan fingerprint density at radius 2 is 1.93 bits per heavy atom. The van der Waals surface area contributed by atoms with Gasteiger partial charge in [-0.2, -0.15) is 11.8 Å². The van der Waals surface area contributed by atoms with Crippen LogP contribution in [0.15, 0.2) is 0 Å². The summed E-state index contributed by atoms with van der Waals surface area (Å²) in [7, 11) is 2.12. The van der Waals surface area contributed by atoms with E-state index in [1.54, 1.807) is 0 Å². The van der Waals surface area contributed by atoms with Gasteiger partial charge in [-0.25, -0.2) is 0 Å². The van der Waals surface area contributed by atoms with Crippen molar-refractivity contribution in [3.63, 3.8) is 0 Å². The van der Waals surface area contributed by atoms with E-state index >= 15 is 0 Å². The average Bonchev–Trinajstić information content (AvgIpc) is 2.26. The van der Waals surface area contributed by atoms with Crippen LogP contribution >= 0.6 is 11.8 Å². The fourth-order valence-electron chi connectivity index (χ4n) is 2.63. The lowest BCUT2D eigenvalue weighted by Crippen LogP contribution is -2.37. The smallest absolute Gasteiger partial charge is 0.0183 e. The predicted octanol–water partition coefficient (Wildman–Crippen LogP) is 3.15. The lowest BCUT2D eigenvalue weighted by atomic mass is 9.78. The summed E-state index contributed by atoms with van der Waals surface area (Å²) in [4.78, 5) is 0. The fourth-order valence-corrected chi connectivity index (χ4v) is 3.43. The predicted molar refractivity (Wildman–Crippen MR) is 67.0 cm³/mol. The van der Waals surface area contributed by atoms with E-state index in [1.807, 2.05) is 11.8 Å². The second kappa shape index (κ2) is 6.73. The molecule has 1 saturated carbocycles. The quantitative estimate of drug-likeness (QED) is 0.756. The van der Waals surface area contributed by atoms with Gasteiger partial charge < -0.3 is 5.32 Å². The van der Waals surface area contributed by atoms with Gasteiger partial charge in [0.15, 0.2) is 0 Å². The van der Waals surface area contributed by atoms with Crippen LogP contribution in [0.5, 0.6) is 0 Å². The minimum absolute atomic E-state index is 0.753. The minimum atomic E-state index is 0.753. The van der Waals surface area contributed by atoms with E-state index in [2.05, 4.69) is 25.5 Å². The molecule has 0 aromatic heterocycles. The summed E-state index contributed by atoms with van der Waals surface area (Å²) in [6, 6.07) is 0.753. The highest BCUT2D eigenvalue weighted by molar-refractivity contribution is 7.98. The summed E-state index contributed by atoms with van der Waals surface area (Å²) in [6.07, 6.45) is 9.43. The summed E-state index contributed by atoms with van der Waals surface area (Å²) in [6.45, 7) is 2.34. The monoisotopic (exact) mass is 215 g/mol. The summed E-state index contributed by atoms with van der Waals surface area (Å²) in [5.74, 6) is 3.24. The van der Waals surface area contributed by atoms with Crippen LogP contribution in [-0.2, 0) is 0 Å². The van der Waals surface area contributed by atoms with Crippen molar-refractivity contribution in [2.45, 2.75) is 45.1 Å². The molecule has 1 unspecified atom stereocenters. The molecule has 2 heteroatoms. The standard InChI is InChI=1S/C12H25NS/c1-4-10-5-7-11(8-6-10)12(13-2)9-14-3/h10-13H,4-9H2,1-3H3. The molecule has 0 radical (unpaired) electrons. The molecule has 1 rings (SSSR count). The van der Waals surface area contributed by atoms with E-state index < -0.39 is 0 Å². The lowest BCUT2D eigenvalue weighted by molar-refractivity contribution is 0.233. The van der Waals surface area contributed by atoms with Crippen molar-refractivity contribution in [2.24, 2.45) is 11.8 Å². The molecule has 0 aromatic rings. The van der Waals surface area contributed by atoms with Crippen molar-refractivity contribution in [2.75, 3.05) is 19.1 Å². The van der Waals surface area contributed by atoms with Crippen LogP contribution in [0.4, 0.5) is 0 Å². The van der Waals surface area contributed by atoms with Crippen molar-refractivity contribution in [1.29, 1.82) is 0 Å². The third-order valence-electron chi connectivity index (χ3n) is 3.75. The van der Waals surface area contributed by atoms with E-state index in [0.29, 0.717) is 0 Å². The molecule has 1 N–H and O–H groups in total. The molecule has 0 aliphatic heterocycles. The Labute approximate surface area is 93.4 Å². The molecule has 84 valence electrons. The van der Waals surface area contributed by atoms with Crippen molar-refractivity contribution in [3.05, 3.63) is 0 Å². The third-order valence-corrected chi connectivity index (χ3v) is 4.45. The maximum Gasteiger partial charge on any atom is 0.0183 e. The maximum absolute atomic E-state index is 3.48. The van der Waals surface area contributed by atoms with Crippen molar-refractivity contribution < 1.29 is 0 Å². The first-order valence-corrected chi connectivity index (χ1v) is 7.37. The summed E-state index contributed by atoms with van der Waals surface area (Å²) < 4.78 is 0. The highest BCUT2D eigenvalue weighted by Gasteiger charge is 2.25. The summed E-state index contributed by atoms with van der Waals surface area (Å²) in [5.41, 5.74) is 0. The van der Waals surface area contributed by atoms with Gasteiger partial charge in [-0.3, -0.25) is 0 Å². The van der Waals surface area contributed by atoms with E-state index in [1.165, 1.54) is 37.9 Å². The van der Waals surface area contributed by atoms with Gasteiger partial charge >= 0.3 is 0 Å². The Bertz CT molecular complexity index is 141. The van der Waals surface area contributed by atoms with Crippen molar-refractivity contribution in [3.8, 4) is 0 Å². The van der Waals surface area contributed by atoms with Gasteiger partial charge in [0.2, 0.25) is 0 Å². The van der Waals surface area contributed by atoms with E-state index in [-0.39, 0.29) is 0 Å². The fraction of sp³-hybridized carbons (Fsp3) is 1.00. The Morgan fingerprint density at radius 3 is 2.36 bits per heavy atom. The number of nitrogens with one attached hydrogen (secondary N) is 1. The van der Waals surface area contributed by atoms with Gasteiger partial charge in [0.05, 0.1) is 0 Å². The zero-order valence-electron chi connectivity index (χ0n) is 9.88. The van der Waals surface area contributed by atoms with Gasteiger partial charge in [-0.05, 0) is 38.0 Å². The SMILES string of the molecule is CCC1CCC(C(CSC)NC)CC1. The Morgan fingerprint density at radius 1 is 1.29 bits per heavy atom. The van der Waals surface area contributed by atoms with Crippen molar-refractivity contribution in [1.82, 2.24) is 5.32 Å². The zero-order chi connectivity index (χ0) is 10.4. The largest absolute Gasteiger partial charge is 0.316 e. The second-order valence-electron chi connectivity index (χ2n) is 4.54. The first-order valence-electron chi connectivity index (χ1n) is 5.98. The number of rotatable bonds is 5. The third kappa shape index (κ3) is 3.47. The number of hydrogen-bond donors (Lipinski definition) is 1. The Balaban J connectivity index is 2.31. The molecule has 1 aliphatic rings. The molecule has 0 bridgehead atoms. The van der Waals surface area contributed by atoms with Gasteiger partial charge in [0.1, 0.15) is 0 Å². The first kappa shape index (κ1) is 12.4. The Hall–Kier alpha value is 0.310. The maximum atomic E-state index is 3.48. The van der Waals surface area contributed by atoms with Crippen LogP contribution in [0.3, 0.4) is 0 Å². The van der Waals surface area contributed by atoms with E-state index in [0.717, 1.165) is 17.9 Å². The topological polar surface area (TPSA) is 12.0 Å². The second-order valence-corrected chi connectivity index (χ2v) is 5.45. The zero-order valence-corrected chi connectivity index (χ0v) is 10.7. The molecule has 14 heavy (non-hydrogen) atoms. The van der Waals surface area contributed by atoms with Crippen LogP contribution in [0.25, 0.3) is 0 Å². The van der Waals surface area contributed by atoms with E-state index in [4.69, 9.17) is 0 Å². The Kier molecular flexibility index (Phi) is 5.95. The van der Waals surface area contributed by atoms with Gasteiger partial charge in [-0.1, -0.05) is 26.2 Å². The van der Waals surface area contributed by atoms with Gasteiger partial charge in [-0.15, -0.1) is 0 Å². The highest BCUT2D eigenvalue weighted by Crippen LogP contribution is 2.32. The molecule has 1 nitrogen and oxygen atoms in total.